The molecular weight excluding hydrogens is 380 g/mol. The summed E-state index contributed by atoms with van der Waals surface area (Å²) in [6.45, 7) is 4.21. The van der Waals surface area contributed by atoms with E-state index in [1.165, 1.54) is 19.8 Å². The van der Waals surface area contributed by atoms with Crippen LogP contribution in [0.3, 0.4) is 0 Å². The molecule has 0 unspecified atom stereocenters. The van der Waals surface area contributed by atoms with E-state index in [2.05, 4.69) is 42.3 Å². The number of fused-ring (bicyclic) bond motifs is 1. The minimum atomic E-state index is -0.0488. The molecule has 154 valence electrons. The van der Waals surface area contributed by atoms with Crippen molar-refractivity contribution in [3.05, 3.63) is 59.9 Å². The number of methoxy groups -OCH3 is 2. The first-order valence-corrected chi connectivity index (χ1v) is 9.71. The average Bonchev–Trinajstić information content (AvgIpc) is 3.13. The van der Waals surface area contributed by atoms with Crippen LogP contribution in [0.25, 0.3) is 17.0 Å². The Morgan fingerprint density at radius 3 is 2.50 bits per heavy atom. The molecular formula is C23H24N4O3. The number of phenols is 1. The standard InChI is InChI=1S/C23H24N4O3/c1-5-15-9-6-8-14(2)19(15)25-22-20(26-23-24-10-7-11-27(22)23)16-12-17(29-3)21(28)18(13-16)30-4/h6-13,25,28H,5H2,1-4H3. The summed E-state index contributed by atoms with van der Waals surface area (Å²) >= 11 is 0. The lowest BCUT2D eigenvalue weighted by atomic mass is 10.1. The van der Waals surface area contributed by atoms with Gasteiger partial charge >= 0.3 is 0 Å². The number of hydrogen-bond donors (Lipinski definition) is 2. The number of phenolic OH excluding ortho intramolecular Hbond substituents is 1. The van der Waals surface area contributed by atoms with Gasteiger partial charge in [0.15, 0.2) is 11.5 Å². The van der Waals surface area contributed by atoms with Gasteiger partial charge in [0.05, 0.1) is 14.2 Å². The van der Waals surface area contributed by atoms with Crippen LogP contribution in [0.4, 0.5) is 11.5 Å². The maximum Gasteiger partial charge on any atom is 0.235 e. The van der Waals surface area contributed by atoms with E-state index >= 15 is 0 Å². The molecule has 0 amide bonds. The van der Waals surface area contributed by atoms with Gasteiger partial charge in [-0.15, -0.1) is 0 Å². The fourth-order valence-corrected chi connectivity index (χ4v) is 3.56. The van der Waals surface area contributed by atoms with Gasteiger partial charge in [-0.25, -0.2) is 9.97 Å². The summed E-state index contributed by atoms with van der Waals surface area (Å²) in [5.74, 6) is 1.91. The lowest BCUT2D eigenvalue weighted by Gasteiger charge is -2.16. The van der Waals surface area contributed by atoms with E-state index in [4.69, 9.17) is 14.5 Å². The van der Waals surface area contributed by atoms with E-state index in [-0.39, 0.29) is 5.75 Å². The Hall–Kier alpha value is -3.74. The number of nitrogens with zero attached hydrogens (tertiary/aromatic N) is 3. The summed E-state index contributed by atoms with van der Waals surface area (Å²) < 4.78 is 12.6. The third kappa shape index (κ3) is 3.28. The molecule has 0 bridgehead atoms. The van der Waals surface area contributed by atoms with Crippen LogP contribution in [0.15, 0.2) is 48.8 Å². The maximum atomic E-state index is 10.3. The molecule has 0 atom stereocenters. The van der Waals surface area contributed by atoms with Gasteiger partial charge in [-0.2, -0.15) is 0 Å². The van der Waals surface area contributed by atoms with Crippen LogP contribution in [0, 0.1) is 6.92 Å². The molecule has 0 aliphatic heterocycles. The molecule has 4 aromatic rings. The number of aromatic hydroxyl groups is 1. The van der Waals surface area contributed by atoms with E-state index in [1.54, 1.807) is 18.3 Å². The highest BCUT2D eigenvalue weighted by atomic mass is 16.5. The summed E-state index contributed by atoms with van der Waals surface area (Å²) in [5, 5.41) is 13.9. The minimum Gasteiger partial charge on any atom is -0.502 e. The number of para-hydroxylation sites is 1. The first-order valence-electron chi connectivity index (χ1n) is 9.71. The number of anilines is 2. The highest BCUT2D eigenvalue weighted by molar-refractivity contribution is 5.82. The molecule has 0 saturated carbocycles. The average molecular weight is 404 g/mol. The smallest absolute Gasteiger partial charge is 0.235 e. The van der Waals surface area contributed by atoms with E-state index in [0.29, 0.717) is 23.0 Å². The fraction of sp³-hybridized carbons (Fsp3) is 0.217. The largest absolute Gasteiger partial charge is 0.502 e. The van der Waals surface area contributed by atoms with Gasteiger partial charge in [-0.05, 0) is 42.7 Å². The van der Waals surface area contributed by atoms with Crippen molar-refractivity contribution >= 4 is 17.3 Å². The molecule has 7 heteroatoms. The number of rotatable bonds is 6. The quantitative estimate of drug-likeness (QED) is 0.483. The summed E-state index contributed by atoms with van der Waals surface area (Å²) in [5.41, 5.74) is 4.81. The number of imidazole rings is 1. The predicted molar refractivity (Wildman–Crippen MR) is 117 cm³/mol. The van der Waals surface area contributed by atoms with Crippen molar-refractivity contribution in [2.45, 2.75) is 20.3 Å². The molecule has 4 rings (SSSR count). The van der Waals surface area contributed by atoms with Gasteiger partial charge in [-0.3, -0.25) is 4.40 Å². The number of ether oxygens (including phenoxy) is 2. The number of benzene rings is 2. The zero-order chi connectivity index (χ0) is 21.3. The fourth-order valence-electron chi connectivity index (χ4n) is 3.56. The SMILES string of the molecule is CCc1cccc(C)c1Nc1c(-c2cc(OC)c(O)c(OC)c2)nc2ncccn12. The van der Waals surface area contributed by atoms with Crippen LogP contribution in [0.2, 0.25) is 0 Å². The van der Waals surface area contributed by atoms with Crippen LogP contribution in [0.5, 0.6) is 17.2 Å². The highest BCUT2D eigenvalue weighted by Crippen LogP contribution is 2.42. The van der Waals surface area contributed by atoms with E-state index in [0.717, 1.165) is 29.1 Å². The second-order valence-electron chi connectivity index (χ2n) is 6.92. The summed E-state index contributed by atoms with van der Waals surface area (Å²) in [6.07, 6.45) is 4.52. The lowest BCUT2D eigenvalue weighted by molar-refractivity contribution is 0.340. The van der Waals surface area contributed by atoms with Gasteiger partial charge in [0, 0.05) is 23.6 Å². The van der Waals surface area contributed by atoms with E-state index in [9.17, 15) is 5.11 Å². The molecule has 0 saturated heterocycles. The van der Waals surface area contributed by atoms with Gasteiger partial charge < -0.3 is 19.9 Å². The van der Waals surface area contributed by atoms with Gasteiger partial charge in [0.1, 0.15) is 11.5 Å². The number of aryl methyl sites for hydroxylation is 2. The topological polar surface area (TPSA) is 80.9 Å². The van der Waals surface area contributed by atoms with Crippen molar-refractivity contribution in [2.75, 3.05) is 19.5 Å². The van der Waals surface area contributed by atoms with Crippen molar-refractivity contribution in [2.24, 2.45) is 0 Å². The second kappa shape index (κ2) is 7.94. The molecule has 2 aromatic carbocycles. The molecule has 0 radical (unpaired) electrons. The molecule has 0 aliphatic carbocycles. The molecule has 0 fully saturated rings. The number of hydrogen-bond acceptors (Lipinski definition) is 6. The third-order valence-corrected chi connectivity index (χ3v) is 5.14. The van der Waals surface area contributed by atoms with Crippen LogP contribution in [-0.4, -0.2) is 33.7 Å². The Morgan fingerprint density at radius 1 is 1.10 bits per heavy atom. The Labute approximate surface area is 174 Å². The predicted octanol–water partition coefficient (Wildman–Crippen LogP) is 4.73. The van der Waals surface area contributed by atoms with Crippen LogP contribution >= 0.6 is 0 Å². The van der Waals surface area contributed by atoms with Crippen molar-refractivity contribution in [3.63, 3.8) is 0 Å². The van der Waals surface area contributed by atoms with Gasteiger partial charge in [-0.1, -0.05) is 25.1 Å². The second-order valence-corrected chi connectivity index (χ2v) is 6.92. The Bertz CT molecular complexity index is 1190. The van der Waals surface area contributed by atoms with Crippen molar-refractivity contribution in [1.29, 1.82) is 0 Å². The van der Waals surface area contributed by atoms with E-state index in [1.807, 2.05) is 16.7 Å². The Balaban J connectivity index is 1.95. The van der Waals surface area contributed by atoms with Crippen molar-refractivity contribution in [3.8, 4) is 28.5 Å². The zero-order valence-corrected chi connectivity index (χ0v) is 17.4. The first kappa shape index (κ1) is 19.6. The molecule has 2 heterocycles. The van der Waals surface area contributed by atoms with Gasteiger partial charge in [0.25, 0.3) is 0 Å². The van der Waals surface area contributed by atoms with E-state index < -0.39 is 0 Å². The van der Waals surface area contributed by atoms with Gasteiger partial charge in [0.2, 0.25) is 11.5 Å². The maximum absolute atomic E-state index is 10.3. The summed E-state index contributed by atoms with van der Waals surface area (Å²) in [4.78, 5) is 9.14. The molecule has 0 aliphatic rings. The molecule has 0 spiro atoms. The van der Waals surface area contributed by atoms with Crippen LogP contribution in [0.1, 0.15) is 18.1 Å². The molecule has 7 nitrogen and oxygen atoms in total. The number of nitrogens with one attached hydrogen (secondary N) is 1. The normalized spacial score (nSPS) is 10.9. The zero-order valence-electron chi connectivity index (χ0n) is 17.4. The summed E-state index contributed by atoms with van der Waals surface area (Å²) in [6, 6.07) is 11.6. The number of aromatic nitrogens is 3. The molecule has 2 N–H and O–H groups in total. The minimum absolute atomic E-state index is 0.0488. The molecule has 30 heavy (non-hydrogen) atoms. The molecule has 2 aromatic heterocycles. The van der Waals surface area contributed by atoms with Crippen LogP contribution < -0.4 is 14.8 Å². The summed E-state index contributed by atoms with van der Waals surface area (Å²) in [7, 11) is 3.01. The van der Waals surface area contributed by atoms with Crippen LogP contribution in [-0.2, 0) is 6.42 Å². The highest BCUT2D eigenvalue weighted by Gasteiger charge is 2.20. The Morgan fingerprint density at radius 2 is 1.83 bits per heavy atom. The lowest BCUT2D eigenvalue weighted by Crippen LogP contribution is -2.02. The monoisotopic (exact) mass is 404 g/mol. The Kier molecular flexibility index (Phi) is 5.18. The first-order chi connectivity index (χ1) is 14.6. The van der Waals surface area contributed by atoms with Crippen molar-refractivity contribution in [1.82, 2.24) is 14.4 Å². The third-order valence-electron chi connectivity index (χ3n) is 5.14. The van der Waals surface area contributed by atoms with Crippen molar-refractivity contribution < 1.29 is 14.6 Å².